The number of likely N-dealkylation sites (N-methyl/N-ethyl adjacent to an activating group) is 1. The van der Waals surface area contributed by atoms with E-state index in [2.05, 4.69) is 4.90 Å². The van der Waals surface area contributed by atoms with Gasteiger partial charge in [0.05, 0.1) is 6.04 Å². The monoisotopic (exact) mass is 254 g/mol. The number of methoxy groups -OCH3 is 1. The average Bonchev–Trinajstić information content (AvgIpc) is 2.32. The normalized spacial score (nSPS) is 14.8. The van der Waals surface area contributed by atoms with E-state index in [4.69, 9.17) is 10.5 Å². The highest BCUT2D eigenvalue weighted by atomic mass is 19.1. The lowest BCUT2D eigenvalue weighted by atomic mass is 9.99. The standard InChI is InChI=1S/C14H23FN2O/c1-11(16)14(17(2)9-6-10-18-3)12-7-4-5-8-13(12)15/h4-5,7-8,11,14H,6,9-10,16H2,1-3H3. The van der Waals surface area contributed by atoms with Gasteiger partial charge in [-0.3, -0.25) is 4.90 Å². The van der Waals surface area contributed by atoms with E-state index < -0.39 is 0 Å². The van der Waals surface area contributed by atoms with Crippen LogP contribution in [-0.4, -0.2) is 38.3 Å². The summed E-state index contributed by atoms with van der Waals surface area (Å²) in [7, 11) is 3.65. The lowest BCUT2D eigenvalue weighted by Gasteiger charge is -2.31. The van der Waals surface area contributed by atoms with Gasteiger partial charge < -0.3 is 10.5 Å². The van der Waals surface area contributed by atoms with Crippen LogP contribution < -0.4 is 5.73 Å². The number of hydrogen-bond acceptors (Lipinski definition) is 3. The Bertz CT molecular complexity index is 357. The molecular formula is C14H23FN2O. The third kappa shape index (κ3) is 4.05. The van der Waals surface area contributed by atoms with Gasteiger partial charge in [0.15, 0.2) is 0 Å². The Morgan fingerprint density at radius 1 is 1.39 bits per heavy atom. The van der Waals surface area contributed by atoms with E-state index in [9.17, 15) is 4.39 Å². The molecule has 0 aliphatic rings. The Balaban J connectivity index is 2.79. The van der Waals surface area contributed by atoms with Gasteiger partial charge in [0.1, 0.15) is 5.82 Å². The smallest absolute Gasteiger partial charge is 0.128 e. The first-order chi connectivity index (χ1) is 8.57. The summed E-state index contributed by atoms with van der Waals surface area (Å²) in [5.41, 5.74) is 6.66. The fourth-order valence-corrected chi connectivity index (χ4v) is 2.23. The van der Waals surface area contributed by atoms with Crippen LogP contribution in [0.15, 0.2) is 24.3 Å². The zero-order valence-corrected chi connectivity index (χ0v) is 11.4. The molecule has 0 aliphatic carbocycles. The minimum atomic E-state index is -0.196. The number of benzene rings is 1. The molecule has 0 fully saturated rings. The Kier molecular flexibility index (Phi) is 6.25. The first kappa shape index (κ1) is 15.1. The Morgan fingerprint density at radius 3 is 2.61 bits per heavy atom. The van der Waals surface area contributed by atoms with Gasteiger partial charge in [-0.05, 0) is 26.5 Å². The van der Waals surface area contributed by atoms with Crippen molar-refractivity contribution in [2.24, 2.45) is 5.73 Å². The summed E-state index contributed by atoms with van der Waals surface area (Å²) < 4.78 is 18.9. The van der Waals surface area contributed by atoms with Crippen LogP contribution in [-0.2, 0) is 4.74 Å². The molecule has 1 aromatic carbocycles. The first-order valence-electron chi connectivity index (χ1n) is 6.27. The molecule has 102 valence electrons. The molecule has 0 aliphatic heterocycles. The average molecular weight is 254 g/mol. The molecule has 0 saturated heterocycles. The molecule has 0 aromatic heterocycles. The van der Waals surface area contributed by atoms with Crippen molar-refractivity contribution >= 4 is 0 Å². The number of halogens is 1. The van der Waals surface area contributed by atoms with E-state index in [1.54, 1.807) is 19.2 Å². The van der Waals surface area contributed by atoms with Gasteiger partial charge in [0.2, 0.25) is 0 Å². The van der Waals surface area contributed by atoms with Crippen LogP contribution in [0.2, 0.25) is 0 Å². The maximum Gasteiger partial charge on any atom is 0.128 e. The molecule has 2 atom stereocenters. The van der Waals surface area contributed by atoms with E-state index in [0.29, 0.717) is 12.2 Å². The van der Waals surface area contributed by atoms with Gasteiger partial charge in [-0.25, -0.2) is 4.39 Å². The summed E-state index contributed by atoms with van der Waals surface area (Å²) in [6, 6.07) is 6.58. The summed E-state index contributed by atoms with van der Waals surface area (Å²) in [4.78, 5) is 2.09. The van der Waals surface area contributed by atoms with E-state index in [0.717, 1.165) is 13.0 Å². The maximum absolute atomic E-state index is 13.8. The SMILES string of the molecule is COCCCN(C)C(c1ccccc1F)C(C)N. The lowest BCUT2D eigenvalue weighted by molar-refractivity contribution is 0.157. The summed E-state index contributed by atoms with van der Waals surface area (Å²) in [6.45, 7) is 3.44. The molecule has 3 nitrogen and oxygen atoms in total. The second-order valence-electron chi connectivity index (χ2n) is 4.65. The zero-order valence-electron chi connectivity index (χ0n) is 11.4. The third-order valence-electron chi connectivity index (χ3n) is 3.06. The van der Waals surface area contributed by atoms with Crippen LogP contribution in [0, 0.1) is 5.82 Å². The predicted octanol–water partition coefficient (Wildman–Crippen LogP) is 2.18. The predicted molar refractivity (Wildman–Crippen MR) is 71.9 cm³/mol. The van der Waals surface area contributed by atoms with Crippen molar-refractivity contribution in [2.45, 2.75) is 25.4 Å². The molecule has 1 aromatic rings. The molecule has 0 radical (unpaired) electrons. The van der Waals surface area contributed by atoms with Gasteiger partial charge in [0.25, 0.3) is 0 Å². The highest BCUT2D eigenvalue weighted by Gasteiger charge is 2.23. The van der Waals surface area contributed by atoms with Gasteiger partial charge in [-0.1, -0.05) is 18.2 Å². The Morgan fingerprint density at radius 2 is 2.06 bits per heavy atom. The van der Waals surface area contributed by atoms with Crippen molar-refractivity contribution in [2.75, 3.05) is 27.3 Å². The molecule has 18 heavy (non-hydrogen) atoms. The second kappa shape index (κ2) is 7.46. The summed E-state index contributed by atoms with van der Waals surface area (Å²) in [5, 5.41) is 0. The number of rotatable bonds is 7. The fraction of sp³-hybridized carbons (Fsp3) is 0.571. The molecule has 1 rings (SSSR count). The number of nitrogens with zero attached hydrogens (tertiary/aromatic N) is 1. The molecule has 0 bridgehead atoms. The summed E-state index contributed by atoms with van der Waals surface area (Å²) >= 11 is 0. The fourth-order valence-electron chi connectivity index (χ4n) is 2.23. The minimum absolute atomic E-state index is 0.108. The third-order valence-corrected chi connectivity index (χ3v) is 3.06. The molecule has 2 unspecified atom stereocenters. The van der Waals surface area contributed by atoms with Crippen LogP contribution in [0.1, 0.15) is 24.9 Å². The van der Waals surface area contributed by atoms with Crippen molar-refractivity contribution in [1.82, 2.24) is 4.90 Å². The van der Waals surface area contributed by atoms with Gasteiger partial charge >= 0.3 is 0 Å². The topological polar surface area (TPSA) is 38.5 Å². The second-order valence-corrected chi connectivity index (χ2v) is 4.65. The van der Waals surface area contributed by atoms with Crippen LogP contribution in [0.5, 0.6) is 0 Å². The highest BCUT2D eigenvalue weighted by Crippen LogP contribution is 2.24. The van der Waals surface area contributed by atoms with Gasteiger partial charge in [-0.15, -0.1) is 0 Å². The first-order valence-corrected chi connectivity index (χ1v) is 6.27. The highest BCUT2D eigenvalue weighted by molar-refractivity contribution is 5.22. The van der Waals surface area contributed by atoms with Gasteiger partial charge in [-0.2, -0.15) is 0 Å². The van der Waals surface area contributed by atoms with E-state index in [1.165, 1.54) is 6.07 Å². The zero-order chi connectivity index (χ0) is 13.5. The van der Waals surface area contributed by atoms with Crippen LogP contribution in [0.3, 0.4) is 0 Å². The Hall–Kier alpha value is -0.970. The van der Waals surface area contributed by atoms with Crippen LogP contribution in [0.25, 0.3) is 0 Å². The molecule has 0 amide bonds. The summed E-state index contributed by atoms with van der Waals surface area (Å²) in [5.74, 6) is -0.196. The van der Waals surface area contributed by atoms with E-state index in [-0.39, 0.29) is 17.9 Å². The number of nitrogens with two attached hydrogens (primary N) is 1. The van der Waals surface area contributed by atoms with Crippen molar-refractivity contribution in [3.63, 3.8) is 0 Å². The molecule has 0 saturated carbocycles. The molecule has 2 N–H and O–H groups in total. The summed E-state index contributed by atoms with van der Waals surface area (Å²) in [6.07, 6.45) is 0.907. The minimum Gasteiger partial charge on any atom is -0.385 e. The number of hydrogen-bond donors (Lipinski definition) is 1. The molecule has 0 spiro atoms. The molecule has 0 heterocycles. The Labute approximate surface area is 109 Å². The van der Waals surface area contributed by atoms with Crippen LogP contribution >= 0.6 is 0 Å². The van der Waals surface area contributed by atoms with Crippen LogP contribution in [0.4, 0.5) is 4.39 Å². The van der Waals surface area contributed by atoms with Crippen molar-refractivity contribution < 1.29 is 9.13 Å². The maximum atomic E-state index is 13.8. The largest absolute Gasteiger partial charge is 0.385 e. The van der Waals surface area contributed by atoms with Crippen molar-refractivity contribution in [3.05, 3.63) is 35.6 Å². The molecule has 4 heteroatoms. The van der Waals surface area contributed by atoms with E-state index >= 15 is 0 Å². The quantitative estimate of drug-likeness (QED) is 0.758. The lowest BCUT2D eigenvalue weighted by Crippen LogP contribution is -2.38. The van der Waals surface area contributed by atoms with Crippen molar-refractivity contribution in [1.29, 1.82) is 0 Å². The number of ether oxygens (including phenoxy) is 1. The van der Waals surface area contributed by atoms with Crippen molar-refractivity contribution in [3.8, 4) is 0 Å². The molecular weight excluding hydrogens is 231 g/mol. The van der Waals surface area contributed by atoms with Gasteiger partial charge in [0, 0.05) is 31.9 Å². The van der Waals surface area contributed by atoms with E-state index in [1.807, 2.05) is 20.0 Å².